The standard InChI is InChI=1S/C20H31NOS/c1-16-9-5-6-10-17(16)12-13-19(22)21-14-8-7-11-18(21)15-23-20(2,3)4/h5-6,9-10,18H,7-8,11-15H2,1-4H3/t18-/m0/s1. The number of thioether (sulfide) groups is 1. The molecule has 128 valence electrons. The lowest BCUT2D eigenvalue weighted by Gasteiger charge is -2.37. The van der Waals surface area contributed by atoms with Gasteiger partial charge in [0, 0.05) is 29.5 Å². The fraction of sp³-hybridized carbons (Fsp3) is 0.650. The molecule has 0 spiro atoms. The van der Waals surface area contributed by atoms with Crippen LogP contribution in [-0.2, 0) is 11.2 Å². The van der Waals surface area contributed by atoms with E-state index in [4.69, 9.17) is 0 Å². The number of hydrogen-bond acceptors (Lipinski definition) is 2. The van der Waals surface area contributed by atoms with Crippen LogP contribution >= 0.6 is 11.8 Å². The summed E-state index contributed by atoms with van der Waals surface area (Å²) in [5, 5.41) is 0. The van der Waals surface area contributed by atoms with E-state index in [0.717, 1.165) is 25.1 Å². The molecule has 2 nitrogen and oxygen atoms in total. The van der Waals surface area contributed by atoms with E-state index >= 15 is 0 Å². The Bertz CT molecular complexity index is 521. The van der Waals surface area contributed by atoms with Crippen LogP contribution in [-0.4, -0.2) is 33.9 Å². The fourth-order valence-corrected chi connectivity index (χ4v) is 4.16. The van der Waals surface area contributed by atoms with Gasteiger partial charge >= 0.3 is 0 Å². The van der Waals surface area contributed by atoms with Gasteiger partial charge in [0.15, 0.2) is 0 Å². The molecule has 1 aliphatic heterocycles. The van der Waals surface area contributed by atoms with Gasteiger partial charge in [-0.15, -0.1) is 0 Å². The molecule has 1 atom stereocenters. The number of hydrogen-bond donors (Lipinski definition) is 0. The quantitative estimate of drug-likeness (QED) is 0.768. The number of piperidine rings is 1. The monoisotopic (exact) mass is 333 g/mol. The molecule has 0 unspecified atom stereocenters. The van der Waals surface area contributed by atoms with E-state index in [-0.39, 0.29) is 4.75 Å². The molecule has 0 radical (unpaired) electrons. The van der Waals surface area contributed by atoms with E-state index < -0.39 is 0 Å². The predicted molar refractivity (Wildman–Crippen MR) is 101 cm³/mol. The molecule has 23 heavy (non-hydrogen) atoms. The van der Waals surface area contributed by atoms with Gasteiger partial charge in [0.2, 0.25) is 5.91 Å². The second kappa shape index (κ2) is 8.23. The van der Waals surface area contributed by atoms with Crippen LogP contribution in [0.2, 0.25) is 0 Å². The number of aryl methyl sites for hydroxylation is 2. The molecule has 1 heterocycles. The van der Waals surface area contributed by atoms with Gasteiger partial charge in [-0.3, -0.25) is 4.79 Å². The van der Waals surface area contributed by atoms with Crippen molar-refractivity contribution in [3.05, 3.63) is 35.4 Å². The maximum absolute atomic E-state index is 12.7. The first-order valence-electron chi connectivity index (χ1n) is 8.85. The summed E-state index contributed by atoms with van der Waals surface area (Å²) in [6, 6.07) is 8.83. The smallest absolute Gasteiger partial charge is 0.223 e. The Kier molecular flexibility index (Phi) is 6.58. The van der Waals surface area contributed by atoms with Crippen molar-refractivity contribution in [1.82, 2.24) is 4.90 Å². The number of benzene rings is 1. The van der Waals surface area contributed by atoms with E-state index in [1.54, 1.807) is 0 Å². The van der Waals surface area contributed by atoms with Gasteiger partial charge in [0.1, 0.15) is 0 Å². The summed E-state index contributed by atoms with van der Waals surface area (Å²) < 4.78 is 0.271. The van der Waals surface area contributed by atoms with Gasteiger partial charge in [0.05, 0.1) is 0 Å². The minimum Gasteiger partial charge on any atom is -0.339 e. The van der Waals surface area contributed by atoms with Gasteiger partial charge in [-0.05, 0) is 43.7 Å². The lowest BCUT2D eigenvalue weighted by molar-refractivity contribution is -0.134. The summed E-state index contributed by atoms with van der Waals surface area (Å²) in [7, 11) is 0. The molecule has 1 aromatic carbocycles. The zero-order valence-electron chi connectivity index (χ0n) is 15.1. The molecule has 0 saturated carbocycles. The Morgan fingerprint density at radius 1 is 1.26 bits per heavy atom. The van der Waals surface area contributed by atoms with Gasteiger partial charge < -0.3 is 4.90 Å². The topological polar surface area (TPSA) is 20.3 Å². The molecule has 3 heteroatoms. The third-order valence-electron chi connectivity index (χ3n) is 4.53. The highest BCUT2D eigenvalue weighted by Gasteiger charge is 2.27. The number of carbonyl (C=O) groups is 1. The third-order valence-corrected chi connectivity index (χ3v) is 5.94. The van der Waals surface area contributed by atoms with Crippen LogP contribution in [0.4, 0.5) is 0 Å². The molecule has 0 N–H and O–H groups in total. The number of amides is 1. The molecular formula is C20H31NOS. The van der Waals surface area contributed by atoms with E-state index in [2.05, 4.69) is 56.9 Å². The third kappa shape index (κ3) is 5.87. The molecule has 1 amide bonds. The van der Waals surface area contributed by atoms with Crippen LogP contribution in [0.1, 0.15) is 57.6 Å². The Labute approximate surface area is 146 Å². The molecule has 1 fully saturated rings. The van der Waals surface area contributed by atoms with Gasteiger partial charge in [-0.2, -0.15) is 11.8 Å². The summed E-state index contributed by atoms with van der Waals surface area (Å²) in [6.07, 6.45) is 5.09. The number of nitrogens with zero attached hydrogens (tertiary/aromatic N) is 1. The zero-order chi connectivity index (χ0) is 16.9. The van der Waals surface area contributed by atoms with Crippen molar-refractivity contribution in [3.8, 4) is 0 Å². The first kappa shape index (κ1) is 18.4. The summed E-state index contributed by atoms with van der Waals surface area (Å²) in [5.74, 6) is 1.41. The van der Waals surface area contributed by atoms with Crippen molar-refractivity contribution in [2.24, 2.45) is 0 Å². The van der Waals surface area contributed by atoms with Crippen molar-refractivity contribution in [2.75, 3.05) is 12.3 Å². The highest BCUT2D eigenvalue weighted by molar-refractivity contribution is 8.00. The molecule has 2 rings (SSSR count). The average molecular weight is 334 g/mol. The van der Waals surface area contributed by atoms with Crippen LogP contribution in [0, 0.1) is 6.92 Å². The van der Waals surface area contributed by atoms with Crippen LogP contribution in [0.5, 0.6) is 0 Å². The Balaban J connectivity index is 1.91. The lowest BCUT2D eigenvalue weighted by atomic mass is 10.0. The summed E-state index contributed by atoms with van der Waals surface area (Å²) in [5.41, 5.74) is 2.59. The van der Waals surface area contributed by atoms with Crippen molar-refractivity contribution in [1.29, 1.82) is 0 Å². The first-order valence-corrected chi connectivity index (χ1v) is 9.83. The van der Waals surface area contributed by atoms with E-state index in [1.165, 1.54) is 24.0 Å². The normalized spacial score (nSPS) is 19.0. The fourth-order valence-electron chi connectivity index (χ4n) is 3.12. The minimum atomic E-state index is 0.271. The molecular weight excluding hydrogens is 302 g/mol. The largest absolute Gasteiger partial charge is 0.339 e. The molecule has 1 saturated heterocycles. The van der Waals surface area contributed by atoms with Gasteiger partial charge in [-0.25, -0.2) is 0 Å². The van der Waals surface area contributed by atoms with E-state index in [0.29, 0.717) is 18.4 Å². The van der Waals surface area contributed by atoms with E-state index in [1.807, 2.05) is 11.8 Å². The molecule has 0 bridgehead atoms. The highest BCUT2D eigenvalue weighted by Crippen LogP contribution is 2.29. The molecule has 1 aromatic rings. The zero-order valence-corrected chi connectivity index (χ0v) is 15.9. The average Bonchev–Trinajstić information content (AvgIpc) is 2.51. The Morgan fingerprint density at radius 2 is 2.00 bits per heavy atom. The van der Waals surface area contributed by atoms with Crippen molar-refractivity contribution < 1.29 is 4.79 Å². The molecule has 1 aliphatic rings. The molecule has 0 aliphatic carbocycles. The lowest BCUT2D eigenvalue weighted by Crippen LogP contribution is -2.45. The predicted octanol–water partition coefficient (Wildman–Crippen LogP) is 4.84. The van der Waals surface area contributed by atoms with Crippen molar-refractivity contribution in [2.45, 2.75) is 70.6 Å². The van der Waals surface area contributed by atoms with Crippen LogP contribution < -0.4 is 0 Å². The van der Waals surface area contributed by atoms with Crippen LogP contribution in [0.15, 0.2) is 24.3 Å². The number of likely N-dealkylation sites (tertiary alicyclic amines) is 1. The Morgan fingerprint density at radius 3 is 2.70 bits per heavy atom. The van der Waals surface area contributed by atoms with Crippen LogP contribution in [0.25, 0.3) is 0 Å². The number of carbonyl (C=O) groups excluding carboxylic acids is 1. The minimum absolute atomic E-state index is 0.271. The van der Waals surface area contributed by atoms with Crippen molar-refractivity contribution >= 4 is 17.7 Å². The van der Waals surface area contributed by atoms with Crippen molar-refractivity contribution in [3.63, 3.8) is 0 Å². The maximum atomic E-state index is 12.7. The summed E-state index contributed by atoms with van der Waals surface area (Å²) >= 11 is 1.98. The van der Waals surface area contributed by atoms with Crippen LogP contribution in [0.3, 0.4) is 0 Å². The highest BCUT2D eigenvalue weighted by atomic mass is 32.2. The SMILES string of the molecule is Cc1ccccc1CCC(=O)N1CCCC[C@H]1CSC(C)(C)C. The van der Waals surface area contributed by atoms with Gasteiger partial charge in [-0.1, -0.05) is 45.0 Å². The summed E-state index contributed by atoms with van der Waals surface area (Å²) in [4.78, 5) is 14.9. The first-order chi connectivity index (χ1) is 10.9. The Hall–Kier alpha value is -0.960. The number of rotatable bonds is 5. The maximum Gasteiger partial charge on any atom is 0.223 e. The van der Waals surface area contributed by atoms with Gasteiger partial charge in [0.25, 0.3) is 0 Å². The second-order valence-electron chi connectivity index (χ2n) is 7.59. The second-order valence-corrected chi connectivity index (χ2v) is 9.43. The summed E-state index contributed by atoms with van der Waals surface area (Å²) in [6.45, 7) is 9.84. The van der Waals surface area contributed by atoms with E-state index in [9.17, 15) is 4.79 Å². The molecule has 0 aromatic heterocycles.